The number of hydrogen-bond acceptors (Lipinski definition) is 3. The van der Waals surface area contributed by atoms with E-state index in [2.05, 4.69) is 5.32 Å². The average molecular weight is 330 g/mol. The van der Waals surface area contributed by atoms with E-state index < -0.39 is 26.6 Å². The lowest BCUT2D eigenvalue weighted by molar-refractivity contribution is 0.233. The second-order valence-corrected chi connectivity index (χ2v) is 7.93. The molecule has 3 rings (SSSR count). The molecule has 7 heteroatoms. The first-order valence-corrected chi connectivity index (χ1v) is 9.11. The van der Waals surface area contributed by atoms with Gasteiger partial charge in [-0.15, -0.1) is 0 Å². The molecule has 2 aliphatic rings. The number of sulfonamides is 1. The second-order valence-electron chi connectivity index (χ2n) is 6.02. The van der Waals surface area contributed by atoms with Crippen LogP contribution in [0.2, 0.25) is 0 Å². The Hall–Kier alpha value is -1.05. The number of halogens is 2. The van der Waals surface area contributed by atoms with Crippen LogP contribution in [0, 0.1) is 17.6 Å². The first-order valence-electron chi connectivity index (χ1n) is 7.67. The van der Waals surface area contributed by atoms with Crippen molar-refractivity contribution in [3.8, 4) is 0 Å². The first-order chi connectivity index (χ1) is 10.5. The van der Waals surface area contributed by atoms with Crippen molar-refractivity contribution in [3.05, 3.63) is 29.8 Å². The van der Waals surface area contributed by atoms with E-state index in [0.29, 0.717) is 31.1 Å². The highest BCUT2D eigenvalue weighted by atomic mass is 32.2. The average Bonchev–Trinajstić information content (AvgIpc) is 3.01. The van der Waals surface area contributed by atoms with E-state index in [-0.39, 0.29) is 0 Å². The predicted molar refractivity (Wildman–Crippen MR) is 78.9 cm³/mol. The summed E-state index contributed by atoms with van der Waals surface area (Å²) in [7, 11) is -3.89. The standard InChI is InChI=1S/C15H20F2N2O2S/c16-12-3-4-15(13(17)10-12)22(20,21)19-8-5-11(6-9-19)14-2-1-7-18-14/h3-4,10-11,14,18H,1-2,5-9H2. The lowest BCUT2D eigenvalue weighted by atomic mass is 9.89. The summed E-state index contributed by atoms with van der Waals surface area (Å²) >= 11 is 0. The molecule has 0 aromatic heterocycles. The number of rotatable bonds is 3. The first kappa shape index (κ1) is 15.8. The minimum atomic E-state index is -3.89. The summed E-state index contributed by atoms with van der Waals surface area (Å²) in [5.74, 6) is -1.32. The molecule has 4 nitrogen and oxygen atoms in total. The van der Waals surface area contributed by atoms with Crippen molar-refractivity contribution in [1.82, 2.24) is 9.62 Å². The second kappa shape index (κ2) is 6.22. The Morgan fingerprint density at radius 2 is 1.86 bits per heavy atom. The molecule has 122 valence electrons. The highest BCUT2D eigenvalue weighted by Crippen LogP contribution is 2.29. The Kier molecular flexibility index (Phi) is 4.47. The normalized spacial score (nSPS) is 24.7. The van der Waals surface area contributed by atoms with Gasteiger partial charge in [0.1, 0.15) is 16.5 Å². The molecule has 2 heterocycles. The SMILES string of the molecule is O=S(=O)(c1ccc(F)cc1F)N1CCC(C2CCCN2)CC1. The van der Waals surface area contributed by atoms with E-state index in [4.69, 9.17) is 0 Å². The fourth-order valence-corrected chi connectivity index (χ4v) is 4.97. The maximum atomic E-state index is 13.8. The maximum Gasteiger partial charge on any atom is 0.245 e. The Balaban J connectivity index is 1.71. The molecule has 0 saturated carbocycles. The number of benzene rings is 1. The largest absolute Gasteiger partial charge is 0.314 e. The van der Waals surface area contributed by atoms with Crippen LogP contribution < -0.4 is 5.32 Å². The zero-order chi connectivity index (χ0) is 15.7. The van der Waals surface area contributed by atoms with Crippen molar-refractivity contribution in [2.75, 3.05) is 19.6 Å². The molecule has 1 aromatic rings. The van der Waals surface area contributed by atoms with Crippen molar-refractivity contribution in [2.45, 2.75) is 36.6 Å². The molecule has 0 aliphatic carbocycles. The Bertz CT molecular complexity index is 637. The lowest BCUT2D eigenvalue weighted by Gasteiger charge is -2.34. The molecule has 2 fully saturated rings. The minimum absolute atomic E-state index is 0.391. The van der Waals surface area contributed by atoms with Crippen LogP contribution >= 0.6 is 0 Å². The minimum Gasteiger partial charge on any atom is -0.314 e. The zero-order valence-electron chi connectivity index (χ0n) is 12.3. The van der Waals surface area contributed by atoms with Gasteiger partial charge in [-0.2, -0.15) is 4.31 Å². The highest BCUT2D eigenvalue weighted by molar-refractivity contribution is 7.89. The van der Waals surface area contributed by atoms with Gasteiger partial charge in [-0.25, -0.2) is 17.2 Å². The summed E-state index contributed by atoms with van der Waals surface area (Å²) in [6, 6.07) is 3.07. The van der Waals surface area contributed by atoms with E-state index >= 15 is 0 Å². The fraction of sp³-hybridized carbons (Fsp3) is 0.600. The van der Waals surface area contributed by atoms with Crippen LogP contribution in [0.1, 0.15) is 25.7 Å². The van der Waals surface area contributed by atoms with Gasteiger partial charge in [0.05, 0.1) is 0 Å². The van der Waals surface area contributed by atoms with Gasteiger partial charge < -0.3 is 5.32 Å². The fourth-order valence-electron chi connectivity index (χ4n) is 3.46. The summed E-state index contributed by atoms with van der Waals surface area (Å²) in [6.45, 7) is 1.81. The molecule has 0 amide bonds. The number of nitrogens with one attached hydrogen (secondary N) is 1. The third-order valence-corrected chi connectivity index (χ3v) is 6.61. The van der Waals surface area contributed by atoms with Crippen molar-refractivity contribution >= 4 is 10.0 Å². The number of nitrogens with zero attached hydrogens (tertiary/aromatic N) is 1. The summed E-state index contributed by atoms with van der Waals surface area (Å²) in [6.07, 6.45) is 3.87. The van der Waals surface area contributed by atoms with Gasteiger partial charge >= 0.3 is 0 Å². The van der Waals surface area contributed by atoms with Crippen LogP contribution in [0.3, 0.4) is 0 Å². The van der Waals surface area contributed by atoms with Crippen molar-refractivity contribution in [3.63, 3.8) is 0 Å². The Labute approximate surface area is 129 Å². The molecular weight excluding hydrogens is 310 g/mol. The van der Waals surface area contributed by atoms with Crippen molar-refractivity contribution < 1.29 is 17.2 Å². The smallest absolute Gasteiger partial charge is 0.245 e. The van der Waals surface area contributed by atoms with Crippen LogP contribution in [0.25, 0.3) is 0 Å². The number of piperidine rings is 1. The van der Waals surface area contributed by atoms with Crippen LogP contribution in [0.4, 0.5) is 8.78 Å². The summed E-state index contributed by atoms with van der Waals surface area (Å²) in [5, 5.41) is 3.46. The van der Waals surface area contributed by atoms with Crippen LogP contribution in [-0.2, 0) is 10.0 Å². The molecule has 0 radical (unpaired) electrons. The van der Waals surface area contributed by atoms with E-state index in [1.165, 1.54) is 10.7 Å². The molecule has 2 aliphatic heterocycles. The molecule has 0 bridgehead atoms. The van der Waals surface area contributed by atoms with Gasteiger partial charge in [0.15, 0.2) is 0 Å². The topological polar surface area (TPSA) is 49.4 Å². The zero-order valence-corrected chi connectivity index (χ0v) is 13.1. The maximum absolute atomic E-state index is 13.8. The highest BCUT2D eigenvalue weighted by Gasteiger charge is 2.34. The van der Waals surface area contributed by atoms with E-state index in [9.17, 15) is 17.2 Å². The van der Waals surface area contributed by atoms with Gasteiger partial charge in [0, 0.05) is 25.2 Å². The van der Waals surface area contributed by atoms with Gasteiger partial charge in [-0.05, 0) is 50.3 Å². The molecular formula is C15H20F2N2O2S. The molecule has 1 N–H and O–H groups in total. The van der Waals surface area contributed by atoms with E-state index in [0.717, 1.165) is 37.9 Å². The van der Waals surface area contributed by atoms with E-state index in [1.807, 2.05) is 0 Å². The quantitative estimate of drug-likeness (QED) is 0.923. The Morgan fingerprint density at radius 1 is 1.14 bits per heavy atom. The Morgan fingerprint density at radius 3 is 2.45 bits per heavy atom. The van der Waals surface area contributed by atoms with Crippen molar-refractivity contribution in [2.24, 2.45) is 5.92 Å². The molecule has 1 aromatic carbocycles. The summed E-state index contributed by atoms with van der Waals surface area (Å²) in [4.78, 5) is -0.439. The van der Waals surface area contributed by atoms with Gasteiger partial charge in [-0.1, -0.05) is 0 Å². The lowest BCUT2D eigenvalue weighted by Crippen LogP contribution is -2.43. The molecule has 2 saturated heterocycles. The monoisotopic (exact) mass is 330 g/mol. The van der Waals surface area contributed by atoms with Crippen LogP contribution in [0.5, 0.6) is 0 Å². The van der Waals surface area contributed by atoms with Gasteiger partial charge in [0.25, 0.3) is 0 Å². The molecule has 1 unspecified atom stereocenters. The summed E-state index contributed by atoms with van der Waals surface area (Å²) < 4.78 is 53.0. The molecule has 0 spiro atoms. The summed E-state index contributed by atoms with van der Waals surface area (Å²) in [5.41, 5.74) is 0. The van der Waals surface area contributed by atoms with Crippen LogP contribution in [0.15, 0.2) is 23.1 Å². The molecule has 22 heavy (non-hydrogen) atoms. The van der Waals surface area contributed by atoms with Crippen molar-refractivity contribution in [1.29, 1.82) is 0 Å². The van der Waals surface area contributed by atoms with Gasteiger partial charge in [-0.3, -0.25) is 0 Å². The predicted octanol–water partition coefficient (Wildman–Crippen LogP) is 2.12. The van der Waals surface area contributed by atoms with Crippen LogP contribution in [-0.4, -0.2) is 38.4 Å². The third-order valence-electron chi connectivity index (χ3n) is 4.68. The molecule has 1 atom stereocenters. The van der Waals surface area contributed by atoms with E-state index in [1.54, 1.807) is 0 Å². The van der Waals surface area contributed by atoms with Gasteiger partial charge in [0.2, 0.25) is 10.0 Å². The number of hydrogen-bond donors (Lipinski definition) is 1. The third kappa shape index (κ3) is 3.02.